The molecule has 0 saturated carbocycles. The molecule has 0 spiro atoms. The van der Waals surface area contributed by atoms with Crippen LogP contribution in [0.3, 0.4) is 0 Å². The van der Waals surface area contributed by atoms with Gasteiger partial charge in [-0.15, -0.1) is 0 Å². The van der Waals surface area contributed by atoms with Crippen molar-refractivity contribution in [2.75, 3.05) is 0 Å². The van der Waals surface area contributed by atoms with Crippen LogP contribution in [0, 0.1) is 0 Å². The predicted molar refractivity (Wildman–Crippen MR) is 68.0 cm³/mol. The van der Waals surface area contributed by atoms with Gasteiger partial charge in [-0.1, -0.05) is 26.0 Å². The molecule has 2 aromatic rings. The number of hydrogen-bond acceptors (Lipinski definition) is 1. The molecule has 2 rings (SSSR count). The Labute approximate surface area is 95.5 Å². The molecule has 0 fully saturated rings. The van der Waals surface area contributed by atoms with Crippen molar-refractivity contribution in [2.45, 2.75) is 33.2 Å². The van der Waals surface area contributed by atoms with Crippen LogP contribution >= 0.6 is 0 Å². The maximum atomic E-state index is 12.1. The van der Waals surface area contributed by atoms with Gasteiger partial charge in [0.1, 0.15) is 0 Å². The number of nitrogens with zero attached hydrogens (tertiary/aromatic N) is 1. The lowest BCUT2D eigenvalue weighted by Gasteiger charge is -2.08. The zero-order chi connectivity index (χ0) is 11.7. The fourth-order valence-electron chi connectivity index (χ4n) is 1.91. The maximum absolute atomic E-state index is 12.1. The molecule has 0 amide bonds. The number of aromatic nitrogens is 1. The van der Waals surface area contributed by atoms with Gasteiger partial charge in [0.15, 0.2) is 0 Å². The third-order valence-corrected chi connectivity index (χ3v) is 3.01. The van der Waals surface area contributed by atoms with Crippen LogP contribution < -0.4 is 5.56 Å². The van der Waals surface area contributed by atoms with Gasteiger partial charge < -0.3 is 4.57 Å². The maximum Gasteiger partial charge on any atom is 0.258 e. The SMILES string of the molecule is CCn1ccc2ccc(C(C)C)cc2c1=O. The van der Waals surface area contributed by atoms with Crippen LogP contribution in [0.2, 0.25) is 0 Å². The Balaban J connectivity index is 2.75. The lowest BCUT2D eigenvalue weighted by atomic mass is 10.0. The number of hydrogen-bond donors (Lipinski definition) is 0. The highest BCUT2D eigenvalue weighted by molar-refractivity contribution is 5.82. The summed E-state index contributed by atoms with van der Waals surface area (Å²) in [6, 6.07) is 8.16. The van der Waals surface area contributed by atoms with Crippen LogP contribution in [0.25, 0.3) is 10.8 Å². The second-order valence-corrected chi connectivity index (χ2v) is 4.41. The van der Waals surface area contributed by atoms with Gasteiger partial charge in [0, 0.05) is 18.1 Å². The molecule has 0 bridgehead atoms. The topological polar surface area (TPSA) is 22.0 Å². The second kappa shape index (κ2) is 4.12. The molecule has 84 valence electrons. The summed E-state index contributed by atoms with van der Waals surface area (Å²) in [6.45, 7) is 6.99. The number of pyridine rings is 1. The van der Waals surface area contributed by atoms with E-state index in [1.807, 2.05) is 31.3 Å². The smallest absolute Gasteiger partial charge is 0.258 e. The van der Waals surface area contributed by atoms with Crippen molar-refractivity contribution in [1.29, 1.82) is 0 Å². The van der Waals surface area contributed by atoms with Crippen LogP contribution in [0.5, 0.6) is 0 Å². The van der Waals surface area contributed by atoms with Crippen LogP contribution in [-0.4, -0.2) is 4.57 Å². The van der Waals surface area contributed by atoms with Crippen LogP contribution in [0.1, 0.15) is 32.3 Å². The van der Waals surface area contributed by atoms with E-state index in [1.54, 1.807) is 4.57 Å². The molecule has 0 saturated heterocycles. The lowest BCUT2D eigenvalue weighted by molar-refractivity contribution is 0.734. The highest BCUT2D eigenvalue weighted by Gasteiger charge is 2.04. The normalized spacial score (nSPS) is 11.2. The molecule has 1 heterocycles. The molecular weight excluding hydrogens is 198 g/mol. The molecule has 0 N–H and O–H groups in total. The summed E-state index contributed by atoms with van der Waals surface area (Å²) in [5.41, 5.74) is 1.33. The van der Waals surface area contributed by atoms with E-state index in [4.69, 9.17) is 0 Å². The van der Waals surface area contributed by atoms with Crippen molar-refractivity contribution in [2.24, 2.45) is 0 Å². The number of benzene rings is 1. The molecule has 0 atom stereocenters. The van der Waals surface area contributed by atoms with Crippen molar-refractivity contribution in [3.8, 4) is 0 Å². The number of aryl methyl sites for hydroxylation is 1. The second-order valence-electron chi connectivity index (χ2n) is 4.41. The molecular formula is C14H17NO. The van der Waals surface area contributed by atoms with Crippen LogP contribution in [0.15, 0.2) is 35.3 Å². The van der Waals surface area contributed by atoms with Crippen molar-refractivity contribution >= 4 is 10.8 Å². The Morgan fingerprint density at radius 3 is 2.62 bits per heavy atom. The molecule has 16 heavy (non-hydrogen) atoms. The molecule has 0 aliphatic carbocycles. The highest BCUT2D eigenvalue weighted by Crippen LogP contribution is 2.18. The summed E-state index contributed by atoms with van der Waals surface area (Å²) in [5.74, 6) is 0.457. The van der Waals surface area contributed by atoms with E-state index >= 15 is 0 Å². The number of fused-ring (bicyclic) bond motifs is 1. The van der Waals surface area contributed by atoms with Crippen LogP contribution in [-0.2, 0) is 6.54 Å². The van der Waals surface area contributed by atoms with Crippen molar-refractivity contribution in [3.05, 3.63) is 46.4 Å². The number of rotatable bonds is 2. The van der Waals surface area contributed by atoms with E-state index in [-0.39, 0.29) is 5.56 Å². The molecule has 0 unspecified atom stereocenters. The average molecular weight is 215 g/mol. The van der Waals surface area contributed by atoms with E-state index in [0.717, 1.165) is 17.3 Å². The highest BCUT2D eigenvalue weighted by atomic mass is 16.1. The summed E-state index contributed by atoms with van der Waals surface area (Å²) in [6.07, 6.45) is 1.86. The van der Waals surface area contributed by atoms with Gasteiger partial charge >= 0.3 is 0 Å². The Hall–Kier alpha value is -1.57. The molecule has 2 nitrogen and oxygen atoms in total. The van der Waals surface area contributed by atoms with Gasteiger partial charge in [0.25, 0.3) is 5.56 Å². The van der Waals surface area contributed by atoms with E-state index in [2.05, 4.69) is 19.9 Å². The monoisotopic (exact) mass is 215 g/mol. The van der Waals surface area contributed by atoms with E-state index in [9.17, 15) is 4.79 Å². The molecule has 0 radical (unpaired) electrons. The zero-order valence-corrected chi connectivity index (χ0v) is 10.0. The molecule has 2 heteroatoms. The first-order valence-electron chi connectivity index (χ1n) is 5.76. The van der Waals surface area contributed by atoms with Gasteiger partial charge in [0.2, 0.25) is 0 Å². The van der Waals surface area contributed by atoms with E-state index in [1.165, 1.54) is 5.56 Å². The van der Waals surface area contributed by atoms with Gasteiger partial charge in [-0.3, -0.25) is 4.79 Å². The fourth-order valence-corrected chi connectivity index (χ4v) is 1.91. The Morgan fingerprint density at radius 2 is 2.00 bits per heavy atom. The van der Waals surface area contributed by atoms with Crippen molar-refractivity contribution < 1.29 is 0 Å². The van der Waals surface area contributed by atoms with Gasteiger partial charge in [0.05, 0.1) is 0 Å². The van der Waals surface area contributed by atoms with E-state index in [0.29, 0.717) is 5.92 Å². The summed E-state index contributed by atoms with van der Waals surface area (Å²) in [7, 11) is 0. The largest absolute Gasteiger partial charge is 0.315 e. The quantitative estimate of drug-likeness (QED) is 0.754. The summed E-state index contributed by atoms with van der Waals surface area (Å²) >= 11 is 0. The minimum absolute atomic E-state index is 0.113. The summed E-state index contributed by atoms with van der Waals surface area (Å²) in [4.78, 5) is 12.1. The summed E-state index contributed by atoms with van der Waals surface area (Å²) < 4.78 is 1.74. The third-order valence-electron chi connectivity index (χ3n) is 3.01. The van der Waals surface area contributed by atoms with Gasteiger partial charge in [-0.05, 0) is 35.9 Å². The third kappa shape index (κ3) is 1.75. The van der Waals surface area contributed by atoms with Crippen molar-refractivity contribution in [3.63, 3.8) is 0 Å². The predicted octanol–water partition coefficient (Wildman–Crippen LogP) is 3.14. The first-order valence-corrected chi connectivity index (χ1v) is 5.76. The first-order chi connectivity index (χ1) is 7.63. The Bertz CT molecular complexity index is 566. The van der Waals surface area contributed by atoms with E-state index < -0.39 is 0 Å². The lowest BCUT2D eigenvalue weighted by Crippen LogP contribution is -2.18. The first kappa shape index (κ1) is 10.9. The van der Waals surface area contributed by atoms with Gasteiger partial charge in [-0.25, -0.2) is 0 Å². The molecule has 0 aliphatic rings. The van der Waals surface area contributed by atoms with Crippen LogP contribution in [0.4, 0.5) is 0 Å². The molecule has 1 aromatic heterocycles. The minimum atomic E-state index is 0.113. The molecule has 0 aliphatic heterocycles. The fraction of sp³-hybridized carbons (Fsp3) is 0.357. The zero-order valence-electron chi connectivity index (χ0n) is 10.0. The standard InChI is InChI=1S/C14H17NO/c1-4-15-8-7-11-5-6-12(10(2)3)9-13(11)14(15)16/h5-10H,4H2,1-3H3. The Morgan fingerprint density at radius 1 is 1.25 bits per heavy atom. The summed E-state index contributed by atoms with van der Waals surface area (Å²) in [5, 5.41) is 1.86. The average Bonchev–Trinajstić information content (AvgIpc) is 2.29. The Kier molecular flexibility index (Phi) is 2.82. The van der Waals surface area contributed by atoms with Gasteiger partial charge in [-0.2, -0.15) is 0 Å². The van der Waals surface area contributed by atoms with Crippen molar-refractivity contribution in [1.82, 2.24) is 4.57 Å². The molecule has 1 aromatic carbocycles. The minimum Gasteiger partial charge on any atom is -0.315 e.